The van der Waals surface area contributed by atoms with Crippen LogP contribution in [0.1, 0.15) is 42.6 Å². The van der Waals surface area contributed by atoms with E-state index in [2.05, 4.69) is 4.98 Å². The summed E-state index contributed by atoms with van der Waals surface area (Å²) in [4.78, 5) is 14.4. The Labute approximate surface area is 105 Å². The number of hydrogen-bond donors (Lipinski definition) is 1. The summed E-state index contributed by atoms with van der Waals surface area (Å²) in [6.45, 7) is 0. The molecule has 0 amide bonds. The first-order valence-corrected chi connectivity index (χ1v) is 7.58. The van der Waals surface area contributed by atoms with Gasteiger partial charge in [0.2, 0.25) is 5.89 Å². The minimum Gasteiger partial charge on any atom is -0.481 e. The van der Waals surface area contributed by atoms with Gasteiger partial charge in [0.1, 0.15) is 11.0 Å². The molecule has 0 bridgehead atoms. The molecule has 1 N–H and O–H groups in total. The van der Waals surface area contributed by atoms with E-state index in [9.17, 15) is 13.2 Å². The van der Waals surface area contributed by atoms with Gasteiger partial charge in [0.25, 0.3) is 0 Å². The Bertz CT molecular complexity index is 533. The second-order valence-corrected chi connectivity index (χ2v) is 6.71. The summed E-state index contributed by atoms with van der Waals surface area (Å²) in [5.41, 5.74) is 0. The zero-order valence-electron chi connectivity index (χ0n) is 9.83. The molecule has 0 radical (unpaired) electrons. The van der Waals surface area contributed by atoms with Gasteiger partial charge in [0, 0.05) is 6.42 Å². The van der Waals surface area contributed by atoms with Gasteiger partial charge < -0.3 is 9.52 Å². The summed E-state index contributed by atoms with van der Waals surface area (Å²) in [5, 5.41) is 7.89. The lowest BCUT2D eigenvalue weighted by Crippen LogP contribution is -2.21. The van der Waals surface area contributed by atoms with Gasteiger partial charge >= 0.3 is 5.97 Å². The lowest BCUT2D eigenvalue weighted by atomic mass is 10.2. The van der Waals surface area contributed by atoms with Gasteiger partial charge in [-0.2, -0.15) is 0 Å². The quantitative estimate of drug-likeness (QED) is 0.888. The van der Waals surface area contributed by atoms with Gasteiger partial charge in [0.05, 0.1) is 18.4 Å². The number of nitrogens with zero attached hydrogens (tertiary/aromatic N) is 1. The zero-order valence-corrected chi connectivity index (χ0v) is 10.6. The van der Waals surface area contributed by atoms with Crippen LogP contribution in [-0.2, 0) is 21.1 Å². The molecule has 2 heterocycles. The molecule has 1 aromatic heterocycles. The Kier molecular flexibility index (Phi) is 3.70. The van der Waals surface area contributed by atoms with Crippen LogP contribution in [0.15, 0.2) is 10.6 Å². The highest BCUT2D eigenvalue weighted by Crippen LogP contribution is 2.32. The minimum absolute atomic E-state index is 0.0496. The van der Waals surface area contributed by atoms with Crippen molar-refractivity contribution in [3.05, 3.63) is 17.8 Å². The predicted molar refractivity (Wildman–Crippen MR) is 62.8 cm³/mol. The van der Waals surface area contributed by atoms with Crippen molar-refractivity contribution in [2.75, 3.05) is 5.75 Å². The minimum atomic E-state index is -3.17. The fourth-order valence-electron chi connectivity index (χ4n) is 2.05. The van der Waals surface area contributed by atoms with E-state index in [0.29, 0.717) is 18.6 Å². The van der Waals surface area contributed by atoms with Crippen molar-refractivity contribution in [1.29, 1.82) is 0 Å². The molecule has 0 saturated carbocycles. The summed E-state index contributed by atoms with van der Waals surface area (Å²) in [6.07, 6.45) is 3.66. The average Bonchev–Trinajstić information content (AvgIpc) is 2.74. The molecule has 1 fully saturated rings. The van der Waals surface area contributed by atoms with Crippen molar-refractivity contribution in [3.63, 3.8) is 0 Å². The van der Waals surface area contributed by atoms with Crippen LogP contribution in [-0.4, -0.2) is 30.2 Å². The van der Waals surface area contributed by atoms with Gasteiger partial charge in [-0.25, -0.2) is 13.4 Å². The van der Waals surface area contributed by atoms with Crippen molar-refractivity contribution >= 4 is 15.8 Å². The van der Waals surface area contributed by atoms with E-state index in [1.54, 1.807) is 0 Å². The third kappa shape index (κ3) is 2.90. The van der Waals surface area contributed by atoms with E-state index in [1.165, 1.54) is 6.20 Å². The summed E-state index contributed by atoms with van der Waals surface area (Å²) >= 11 is 0. The highest BCUT2D eigenvalue weighted by molar-refractivity contribution is 7.91. The average molecular weight is 273 g/mol. The molecule has 1 aliphatic heterocycles. The molecule has 18 heavy (non-hydrogen) atoms. The molecular weight excluding hydrogens is 258 g/mol. The number of aromatic nitrogens is 1. The summed E-state index contributed by atoms with van der Waals surface area (Å²) in [6, 6.07) is 0. The Balaban J connectivity index is 2.11. The Morgan fingerprint density at radius 3 is 2.94 bits per heavy atom. The van der Waals surface area contributed by atoms with Crippen molar-refractivity contribution in [3.8, 4) is 0 Å². The largest absolute Gasteiger partial charge is 0.481 e. The van der Waals surface area contributed by atoms with Crippen molar-refractivity contribution in [2.24, 2.45) is 0 Å². The molecule has 0 aromatic carbocycles. The van der Waals surface area contributed by atoms with Crippen molar-refractivity contribution in [2.45, 2.75) is 37.4 Å². The van der Waals surface area contributed by atoms with Gasteiger partial charge in [-0.1, -0.05) is 6.42 Å². The van der Waals surface area contributed by atoms with Gasteiger partial charge in [-0.3, -0.25) is 4.79 Å². The second-order valence-electron chi connectivity index (χ2n) is 4.41. The van der Waals surface area contributed by atoms with E-state index in [0.717, 1.165) is 6.42 Å². The van der Waals surface area contributed by atoms with Gasteiger partial charge in [-0.05, 0) is 12.8 Å². The first-order valence-electron chi connectivity index (χ1n) is 5.87. The predicted octanol–water partition coefficient (Wildman–Crippen LogP) is 1.33. The number of aryl methyl sites for hydroxylation is 1. The number of carboxylic acids is 1. The monoisotopic (exact) mass is 273 g/mol. The fourth-order valence-corrected chi connectivity index (χ4v) is 3.88. The van der Waals surface area contributed by atoms with E-state index in [4.69, 9.17) is 9.52 Å². The number of oxazole rings is 1. The number of carboxylic acid groups (broad SMARTS) is 1. The number of sulfone groups is 1. The maximum absolute atomic E-state index is 11.9. The highest BCUT2D eigenvalue weighted by Gasteiger charge is 2.33. The molecule has 2 rings (SSSR count). The van der Waals surface area contributed by atoms with Crippen LogP contribution in [0.2, 0.25) is 0 Å². The topological polar surface area (TPSA) is 97.5 Å². The van der Waals surface area contributed by atoms with Crippen LogP contribution in [0.4, 0.5) is 0 Å². The number of aliphatic carboxylic acids is 1. The van der Waals surface area contributed by atoms with Crippen LogP contribution in [0, 0.1) is 0 Å². The van der Waals surface area contributed by atoms with Gasteiger partial charge in [-0.15, -0.1) is 0 Å². The zero-order chi connectivity index (χ0) is 13.2. The Morgan fingerprint density at radius 1 is 1.50 bits per heavy atom. The Morgan fingerprint density at radius 2 is 2.28 bits per heavy atom. The molecule has 0 spiro atoms. The third-order valence-electron chi connectivity index (χ3n) is 3.01. The number of hydrogen-bond acceptors (Lipinski definition) is 5. The van der Waals surface area contributed by atoms with E-state index >= 15 is 0 Å². The number of carbonyl (C=O) groups is 1. The fraction of sp³-hybridized carbons (Fsp3) is 0.636. The summed E-state index contributed by atoms with van der Waals surface area (Å²) in [5.74, 6) is -0.119. The molecule has 1 aliphatic rings. The van der Waals surface area contributed by atoms with Crippen molar-refractivity contribution in [1.82, 2.24) is 4.98 Å². The van der Waals surface area contributed by atoms with Crippen LogP contribution >= 0.6 is 0 Å². The Hall–Kier alpha value is -1.37. The molecule has 7 heteroatoms. The van der Waals surface area contributed by atoms with E-state index < -0.39 is 21.1 Å². The van der Waals surface area contributed by atoms with E-state index in [-0.39, 0.29) is 24.5 Å². The second kappa shape index (κ2) is 5.09. The molecule has 1 aromatic rings. The van der Waals surface area contributed by atoms with Crippen molar-refractivity contribution < 1.29 is 22.7 Å². The molecule has 1 unspecified atom stereocenters. The molecule has 6 nitrogen and oxygen atoms in total. The first-order chi connectivity index (χ1) is 8.49. The smallest absolute Gasteiger partial charge is 0.303 e. The van der Waals surface area contributed by atoms with Crippen LogP contribution in [0.5, 0.6) is 0 Å². The summed E-state index contributed by atoms with van der Waals surface area (Å²) in [7, 11) is -3.17. The van der Waals surface area contributed by atoms with Crippen LogP contribution < -0.4 is 0 Å². The molecular formula is C11H15NO5S. The normalized spacial score (nSPS) is 22.8. The number of rotatable bonds is 4. The van der Waals surface area contributed by atoms with Crippen LogP contribution in [0.3, 0.4) is 0 Å². The summed E-state index contributed by atoms with van der Waals surface area (Å²) < 4.78 is 29.1. The molecule has 1 atom stereocenters. The first kappa shape index (κ1) is 13.1. The molecule has 100 valence electrons. The standard InChI is InChI=1S/C11H15NO5S/c13-10(14)5-4-8-7-12-11(17-8)9-3-1-2-6-18(9,15)16/h7,9H,1-6H2,(H,13,14). The van der Waals surface area contributed by atoms with E-state index in [1.807, 2.05) is 0 Å². The lowest BCUT2D eigenvalue weighted by molar-refractivity contribution is -0.137. The maximum Gasteiger partial charge on any atom is 0.303 e. The SMILES string of the molecule is O=C(O)CCc1cnc(C2CCCCS2(=O)=O)o1. The lowest BCUT2D eigenvalue weighted by Gasteiger charge is -2.19. The highest BCUT2D eigenvalue weighted by atomic mass is 32.2. The third-order valence-corrected chi connectivity index (χ3v) is 5.17. The molecule has 0 aliphatic carbocycles. The van der Waals surface area contributed by atoms with Crippen LogP contribution in [0.25, 0.3) is 0 Å². The molecule has 1 saturated heterocycles. The maximum atomic E-state index is 11.9. The van der Waals surface area contributed by atoms with Gasteiger partial charge in [0.15, 0.2) is 9.84 Å².